The molecule has 2 aliphatic heterocycles. The number of esters is 1. The normalized spacial score (nSPS) is 20.0. The topological polar surface area (TPSA) is 88.2 Å². The van der Waals surface area contributed by atoms with Crippen molar-refractivity contribution >= 4 is 46.5 Å². The number of amides is 3. The quantitative estimate of drug-likeness (QED) is 0.623. The van der Waals surface area contributed by atoms with E-state index in [2.05, 4.69) is 5.32 Å². The third-order valence-electron chi connectivity index (χ3n) is 6.35. The Morgan fingerprint density at radius 3 is 2.76 bits per heavy atom. The SMILES string of the molecule is COC(=O)[C@@H]1CC(OC)CN1C(=O)NCc1ccc(C(=O)N2CCCCc3sccc32)cc1Cl. The van der Waals surface area contributed by atoms with Gasteiger partial charge in [-0.1, -0.05) is 17.7 Å². The first kappa shape index (κ1) is 24.5. The van der Waals surface area contributed by atoms with Crippen LogP contribution in [0.15, 0.2) is 29.6 Å². The second kappa shape index (κ2) is 10.8. The molecule has 1 fully saturated rings. The first-order valence-corrected chi connectivity index (χ1v) is 12.5. The van der Waals surface area contributed by atoms with E-state index >= 15 is 0 Å². The van der Waals surface area contributed by atoms with E-state index in [1.165, 1.54) is 16.9 Å². The van der Waals surface area contributed by atoms with Crippen molar-refractivity contribution in [1.82, 2.24) is 10.2 Å². The van der Waals surface area contributed by atoms with Crippen molar-refractivity contribution in [1.29, 1.82) is 0 Å². The Bertz CT molecular complexity index is 1070. The molecule has 1 saturated heterocycles. The minimum absolute atomic E-state index is 0.0809. The number of carbonyl (C=O) groups excluding carboxylic acids is 3. The number of methoxy groups -OCH3 is 2. The molecular weight excluding hydrogens is 478 g/mol. The van der Waals surface area contributed by atoms with Gasteiger partial charge in [-0.2, -0.15) is 0 Å². The first-order valence-electron chi connectivity index (χ1n) is 11.2. The van der Waals surface area contributed by atoms with E-state index < -0.39 is 18.0 Å². The lowest BCUT2D eigenvalue weighted by Crippen LogP contribution is -2.46. The largest absolute Gasteiger partial charge is 0.467 e. The maximum absolute atomic E-state index is 13.2. The van der Waals surface area contributed by atoms with Gasteiger partial charge in [0.05, 0.1) is 18.9 Å². The van der Waals surface area contributed by atoms with Gasteiger partial charge in [-0.25, -0.2) is 9.59 Å². The lowest BCUT2D eigenvalue weighted by atomic mass is 10.1. The van der Waals surface area contributed by atoms with Gasteiger partial charge < -0.3 is 24.6 Å². The molecule has 1 unspecified atom stereocenters. The number of nitrogens with zero attached hydrogens (tertiary/aromatic N) is 2. The number of ether oxygens (including phenoxy) is 2. The Labute approximate surface area is 207 Å². The van der Waals surface area contributed by atoms with Crippen LogP contribution in [0, 0.1) is 0 Å². The fourth-order valence-electron chi connectivity index (χ4n) is 4.45. The molecule has 3 heterocycles. The standard InChI is InChI=1S/C24H28ClN3O5S/c1-32-17-12-20(23(30)33-2)28(14-17)24(31)26-13-16-7-6-15(11-18(16)25)22(29)27-9-4-3-5-21-19(27)8-10-34-21/h6-8,10-11,17,20H,3-5,9,12-14H2,1-2H3,(H,26,31)/t17?,20-/m0/s1. The van der Waals surface area contributed by atoms with Crippen LogP contribution in [0.4, 0.5) is 10.5 Å². The Kier molecular flexibility index (Phi) is 7.75. The summed E-state index contributed by atoms with van der Waals surface area (Å²) < 4.78 is 10.1. The lowest BCUT2D eigenvalue weighted by Gasteiger charge is -2.23. The monoisotopic (exact) mass is 505 g/mol. The van der Waals surface area contributed by atoms with E-state index in [4.69, 9.17) is 21.1 Å². The molecule has 34 heavy (non-hydrogen) atoms. The van der Waals surface area contributed by atoms with Crippen LogP contribution >= 0.6 is 22.9 Å². The summed E-state index contributed by atoms with van der Waals surface area (Å²) in [4.78, 5) is 42.6. The van der Waals surface area contributed by atoms with Gasteiger partial charge in [-0.15, -0.1) is 11.3 Å². The summed E-state index contributed by atoms with van der Waals surface area (Å²) in [6, 6.07) is 6.05. The Balaban J connectivity index is 1.42. The van der Waals surface area contributed by atoms with Gasteiger partial charge in [0, 0.05) is 48.6 Å². The predicted octanol–water partition coefficient (Wildman–Crippen LogP) is 3.86. The van der Waals surface area contributed by atoms with Crippen LogP contribution in [0.3, 0.4) is 0 Å². The van der Waals surface area contributed by atoms with Gasteiger partial charge in [0.2, 0.25) is 0 Å². The molecule has 3 amide bonds. The molecule has 182 valence electrons. The molecule has 0 spiro atoms. The number of anilines is 1. The molecule has 0 aliphatic carbocycles. The second-order valence-corrected chi connectivity index (χ2v) is 9.80. The van der Waals surface area contributed by atoms with Crippen LogP contribution in [-0.4, -0.2) is 62.3 Å². The predicted molar refractivity (Wildman–Crippen MR) is 131 cm³/mol. The highest BCUT2D eigenvalue weighted by atomic mass is 35.5. The van der Waals surface area contributed by atoms with Crippen LogP contribution in [0.5, 0.6) is 0 Å². The van der Waals surface area contributed by atoms with Crippen molar-refractivity contribution in [2.24, 2.45) is 0 Å². The number of thiophene rings is 1. The molecule has 0 radical (unpaired) electrons. The number of urea groups is 1. The molecule has 2 atom stereocenters. The number of hydrogen-bond donors (Lipinski definition) is 1. The summed E-state index contributed by atoms with van der Waals surface area (Å²) in [5.41, 5.74) is 2.17. The number of fused-ring (bicyclic) bond motifs is 1. The lowest BCUT2D eigenvalue weighted by molar-refractivity contribution is -0.145. The zero-order valence-electron chi connectivity index (χ0n) is 19.2. The zero-order chi connectivity index (χ0) is 24.2. The fourth-order valence-corrected chi connectivity index (χ4v) is 5.62. The average molecular weight is 506 g/mol. The van der Waals surface area contributed by atoms with Gasteiger partial charge >= 0.3 is 12.0 Å². The maximum atomic E-state index is 13.2. The minimum atomic E-state index is -0.693. The van der Waals surface area contributed by atoms with E-state index in [1.54, 1.807) is 36.6 Å². The second-order valence-electron chi connectivity index (χ2n) is 8.39. The number of rotatable bonds is 5. The molecule has 0 saturated carbocycles. The molecule has 1 N–H and O–H groups in total. The van der Waals surface area contributed by atoms with Gasteiger partial charge in [0.1, 0.15) is 6.04 Å². The molecule has 4 rings (SSSR count). The highest BCUT2D eigenvalue weighted by molar-refractivity contribution is 7.10. The van der Waals surface area contributed by atoms with Crippen LogP contribution < -0.4 is 10.2 Å². The maximum Gasteiger partial charge on any atom is 0.328 e. The minimum Gasteiger partial charge on any atom is -0.467 e. The summed E-state index contributed by atoms with van der Waals surface area (Å²) in [5.74, 6) is -0.555. The van der Waals surface area contributed by atoms with Crippen LogP contribution in [0.2, 0.25) is 5.02 Å². The average Bonchev–Trinajstić information content (AvgIpc) is 3.45. The zero-order valence-corrected chi connectivity index (χ0v) is 20.8. The number of nitrogens with one attached hydrogen (secondary N) is 1. The third kappa shape index (κ3) is 5.06. The van der Waals surface area contributed by atoms with Crippen molar-refractivity contribution in [2.75, 3.05) is 32.2 Å². The van der Waals surface area contributed by atoms with Gasteiger partial charge in [-0.05, 0) is 48.4 Å². The number of hydrogen-bond acceptors (Lipinski definition) is 6. The molecular formula is C24H28ClN3O5S. The van der Waals surface area contributed by atoms with E-state index in [0.717, 1.165) is 24.9 Å². The Morgan fingerprint density at radius 2 is 2.03 bits per heavy atom. The Hall–Kier alpha value is -2.62. The van der Waals surface area contributed by atoms with E-state index in [-0.39, 0.29) is 18.6 Å². The molecule has 2 aromatic rings. The number of halogens is 1. The van der Waals surface area contributed by atoms with E-state index in [9.17, 15) is 14.4 Å². The van der Waals surface area contributed by atoms with Crippen molar-refractivity contribution in [3.8, 4) is 0 Å². The van der Waals surface area contributed by atoms with E-state index in [0.29, 0.717) is 35.7 Å². The van der Waals surface area contributed by atoms with Crippen LogP contribution in [0.1, 0.15) is 40.1 Å². The summed E-state index contributed by atoms with van der Waals surface area (Å²) in [5, 5.41) is 5.23. The first-order chi connectivity index (χ1) is 16.4. The summed E-state index contributed by atoms with van der Waals surface area (Å²) in [6.45, 7) is 1.13. The van der Waals surface area contributed by atoms with Crippen molar-refractivity contribution in [3.63, 3.8) is 0 Å². The molecule has 8 nitrogen and oxygen atoms in total. The van der Waals surface area contributed by atoms with Gasteiger partial charge in [-0.3, -0.25) is 4.79 Å². The number of aryl methyl sites for hydroxylation is 1. The highest BCUT2D eigenvalue weighted by Crippen LogP contribution is 2.32. The number of carbonyl (C=O) groups is 3. The number of likely N-dealkylation sites (tertiary alicyclic amines) is 1. The van der Waals surface area contributed by atoms with E-state index in [1.807, 2.05) is 16.3 Å². The van der Waals surface area contributed by atoms with Gasteiger partial charge in [0.15, 0.2) is 0 Å². The molecule has 1 aromatic heterocycles. The molecule has 10 heteroatoms. The summed E-state index contributed by atoms with van der Waals surface area (Å²) in [6.07, 6.45) is 3.17. The number of benzene rings is 1. The van der Waals surface area contributed by atoms with Crippen LogP contribution in [-0.2, 0) is 27.2 Å². The molecule has 2 aliphatic rings. The summed E-state index contributed by atoms with van der Waals surface area (Å²) >= 11 is 8.17. The van der Waals surface area contributed by atoms with Crippen molar-refractivity contribution in [2.45, 2.75) is 44.4 Å². The molecule has 1 aromatic carbocycles. The Morgan fingerprint density at radius 1 is 1.21 bits per heavy atom. The fraction of sp³-hybridized carbons (Fsp3) is 0.458. The summed E-state index contributed by atoms with van der Waals surface area (Å²) in [7, 11) is 2.85. The smallest absolute Gasteiger partial charge is 0.328 e. The highest BCUT2D eigenvalue weighted by Gasteiger charge is 2.40. The van der Waals surface area contributed by atoms with Crippen molar-refractivity contribution in [3.05, 3.63) is 50.7 Å². The molecule has 0 bridgehead atoms. The van der Waals surface area contributed by atoms with Gasteiger partial charge in [0.25, 0.3) is 5.91 Å². The van der Waals surface area contributed by atoms with Crippen LogP contribution in [0.25, 0.3) is 0 Å². The van der Waals surface area contributed by atoms with Crippen molar-refractivity contribution < 1.29 is 23.9 Å². The third-order valence-corrected chi connectivity index (χ3v) is 7.68.